The van der Waals surface area contributed by atoms with Crippen molar-refractivity contribution in [3.05, 3.63) is 41.7 Å². The van der Waals surface area contributed by atoms with Crippen molar-refractivity contribution in [1.82, 2.24) is 9.88 Å². The van der Waals surface area contributed by atoms with Crippen molar-refractivity contribution in [2.75, 3.05) is 56.9 Å². The van der Waals surface area contributed by atoms with Crippen LogP contribution in [0.2, 0.25) is 0 Å². The summed E-state index contributed by atoms with van der Waals surface area (Å²) >= 11 is 0. The van der Waals surface area contributed by atoms with Crippen molar-refractivity contribution in [1.29, 1.82) is 0 Å². The Bertz CT molecular complexity index is 1130. The molecule has 5 rings (SSSR count). The minimum absolute atomic E-state index is 0.00637. The summed E-state index contributed by atoms with van der Waals surface area (Å²) in [6.07, 6.45) is 1.89. The van der Waals surface area contributed by atoms with E-state index in [-0.39, 0.29) is 17.5 Å². The summed E-state index contributed by atoms with van der Waals surface area (Å²) in [4.78, 5) is 29.5. The number of benzene rings is 1. The lowest BCUT2D eigenvalue weighted by atomic mass is 9.87. The van der Waals surface area contributed by atoms with Gasteiger partial charge >= 0.3 is 6.03 Å². The number of urea groups is 1. The van der Waals surface area contributed by atoms with E-state index in [2.05, 4.69) is 31.7 Å². The smallest absolute Gasteiger partial charge is 0.330 e. The van der Waals surface area contributed by atoms with Gasteiger partial charge in [0.05, 0.1) is 64.1 Å². The maximum atomic E-state index is 13.9. The number of pyridine rings is 1. The zero-order chi connectivity index (χ0) is 24.7. The van der Waals surface area contributed by atoms with Crippen LogP contribution < -0.4 is 19.3 Å². The molecule has 1 saturated heterocycles. The first-order valence-corrected chi connectivity index (χ1v) is 12.0. The molecular formula is C26H33N5O4. The maximum Gasteiger partial charge on any atom is 0.330 e. The SMILES string of the molecule is COc1cc(CN2C(=O)N3CC(C(C)(C)C)N=C3c3ncc(N4CCOCC4)cc32)cc(OC)c1. The Hall–Kier alpha value is -3.33. The number of carbonyl (C=O) groups is 1. The van der Waals surface area contributed by atoms with Gasteiger partial charge in [-0.2, -0.15) is 0 Å². The first-order valence-electron chi connectivity index (χ1n) is 12.0. The highest BCUT2D eigenvalue weighted by Gasteiger charge is 2.44. The van der Waals surface area contributed by atoms with E-state index in [1.54, 1.807) is 24.0 Å². The second kappa shape index (κ2) is 9.03. The Balaban J connectivity index is 1.58. The van der Waals surface area contributed by atoms with Crippen molar-refractivity contribution >= 4 is 23.2 Å². The van der Waals surface area contributed by atoms with Crippen LogP contribution in [-0.2, 0) is 11.3 Å². The molecule has 186 valence electrons. The molecule has 2 amide bonds. The largest absolute Gasteiger partial charge is 0.497 e. The third-order valence-corrected chi connectivity index (χ3v) is 6.83. The van der Waals surface area contributed by atoms with Gasteiger partial charge in [0, 0.05) is 19.2 Å². The van der Waals surface area contributed by atoms with Crippen LogP contribution >= 0.6 is 0 Å². The van der Waals surface area contributed by atoms with Gasteiger partial charge in [0.25, 0.3) is 0 Å². The number of aliphatic imine (C=N–C) groups is 1. The highest BCUT2D eigenvalue weighted by Crippen LogP contribution is 2.38. The number of nitrogens with zero attached hydrogens (tertiary/aromatic N) is 5. The summed E-state index contributed by atoms with van der Waals surface area (Å²) in [6.45, 7) is 10.3. The number of amides is 2. The standard InChI is InChI=1S/C26H33N5O4/c1-26(2,3)22-16-31-24(28-22)23-21(12-18(14-27-23)29-6-8-35-9-7-29)30(25(31)32)15-17-10-19(33-4)13-20(11-17)34-5/h10-14,22H,6-9,15-16H2,1-5H3. The minimum Gasteiger partial charge on any atom is -0.497 e. The number of morpholine rings is 1. The zero-order valence-corrected chi connectivity index (χ0v) is 21.1. The molecular weight excluding hydrogens is 446 g/mol. The van der Waals surface area contributed by atoms with Crippen LogP contribution in [0.5, 0.6) is 11.5 Å². The first kappa shape index (κ1) is 23.4. The minimum atomic E-state index is -0.0919. The third-order valence-electron chi connectivity index (χ3n) is 6.83. The van der Waals surface area contributed by atoms with Gasteiger partial charge in [0.1, 0.15) is 17.2 Å². The number of hydrogen-bond donors (Lipinski definition) is 0. The highest BCUT2D eigenvalue weighted by atomic mass is 16.5. The number of rotatable bonds is 5. The number of methoxy groups -OCH3 is 2. The number of ether oxygens (including phenoxy) is 3. The van der Waals surface area contributed by atoms with Crippen LogP contribution in [0.15, 0.2) is 35.5 Å². The number of anilines is 2. The van der Waals surface area contributed by atoms with Gasteiger partial charge in [-0.15, -0.1) is 0 Å². The molecule has 1 aromatic heterocycles. The van der Waals surface area contributed by atoms with Crippen LogP contribution in [0.25, 0.3) is 0 Å². The Labute approximate surface area is 206 Å². The Kier molecular flexibility index (Phi) is 6.04. The van der Waals surface area contributed by atoms with Gasteiger partial charge in [-0.05, 0) is 29.2 Å². The normalized spacial score (nSPS) is 19.9. The lowest BCUT2D eigenvalue weighted by molar-refractivity contribution is 0.122. The molecule has 3 aliphatic rings. The van der Waals surface area contributed by atoms with Gasteiger partial charge in [0.15, 0.2) is 5.84 Å². The predicted octanol–water partition coefficient (Wildman–Crippen LogP) is 3.55. The van der Waals surface area contributed by atoms with Gasteiger partial charge in [-0.25, -0.2) is 9.78 Å². The van der Waals surface area contributed by atoms with E-state index in [0.717, 1.165) is 35.7 Å². The second-order valence-electron chi connectivity index (χ2n) is 10.2. The lowest BCUT2D eigenvalue weighted by Gasteiger charge is -2.36. The molecule has 1 aromatic carbocycles. The molecule has 0 spiro atoms. The molecule has 0 radical (unpaired) electrons. The second-order valence-corrected chi connectivity index (χ2v) is 10.2. The van der Waals surface area contributed by atoms with Gasteiger partial charge in [-0.1, -0.05) is 20.8 Å². The number of aromatic nitrogens is 1. The van der Waals surface area contributed by atoms with Gasteiger partial charge in [0.2, 0.25) is 0 Å². The van der Waals surface area contributed by atoms with Crippen molar-refractivity contribution in [3.8, 4) is 11.5 Å². The highest BCUT2D eigenvalue weighted by molar-refractivity contribution is 6.19. The van der Waals surface area contributed by atoms with E-state index in [4.69, 9.17) is 24.2 Å². The summed E-state index contributed by atoms with van der Waals surface area (Å²) in [5, 5.41) is 0. The van der Waals surface area contributed by atoms with Crippen molar-refractivity contribution < 1.29 is 19.0 Å². The van der Waals surface area contributed by atoms with Crippen molar-refractivity contribution in [2.45, 2.75) is 33.4 Å². The van der Waals surface area contributed by atoms with Crippen LogP contribution in [0.3, 0.4) is 0 Å². The van der Waals surface area contributed by atoms with Crippen LogP contribution in [0, 0.1) is 5.41 Å². The predicted molar refractivity (Wildman–Crippen MR) is 135 cm³/mol. The van der Waals surface area contributed by atoms with Gasteiger partial charge < -0.3 is 19.1 Å². The van der Waals surface area contributed by atoms with Crippen molar-refractivity contribution in [2.24, 2.45) is 10.4 Å². The number of amidine groups is 1. The molecule has 3 aliphatic heterocycles. The quantitative estimate of drug-likeness (QED) is 0.653. The molecule has 9 nitrogen and oxygen atoms in total. The average Bonchev–Trinajstić information content (AvgIpc) is 3.33. The molecule has 0 aliphatic carbocycles. The Morgan fingerprint density at radius 3 is 2.37 bits per heavy atom. The summed E-state index contributed by atoms with van der Waals surface area (Å²) in [7, 11) is 3.25. The summed E-state index contributed by atoms with van der Waals surface area (Å²) in [5.41, 5.74) is 3.33. The first-order chi connectivity index (χ1) is 16.8. The van der Waals surface area contributed by atoms with Crippen molar-refractivity contribution in [3.63, 3.8) is 0 Å². The molecule has 0 saturated carbocycles. The summed E-state index contributed by atoms with van der Waals surface area (Å²) in [5.74, 6) is 2.03. The fraction of sp³-hybridized carbons (Fsp3) is 0.500. The maximum absolute atomic E-state index is 13.9. The molecule has 9 heteroatoms. The molecule has 0 bridgehead atoms. The van der Waals surface area contributed by atoms with Crippen LogP contribution in [0.4, 0.5) is 16.2 Å². The van der Waals surface area contributed by atoms with Crippen LogP contribution in [0.1, 0.15) is 32.0 Å². The summed E-state index contributed by atoms with van der Waals surface area (Å²) < 4.78 is 16.4. The molecule has 1 fully saturated rings. The molecule has 0 N–H and O–H groups in total. The Morgan fingerprint density at radius 2 is 1.74 bits per heavy atom. The summed E-state index contributed by atoms with van der Waals surface area (Å²) in [6, 6.07) is 7.66. The third kappa shape index (κ3) is 4.40. The lowest BCUT2D eigenvalue weighted by Crippen LogP contribution is -2.51. The molecule has 35 heavy (non-hydrogen) atoms. The number of carbonyl (C=O) groups excluding carboxylic acids is 1. The van der Waals surface area contributed by atoms with E-state index in [1.165, 1.54) is 0 Å². The topological polar surface area (TPSA) is 79.7 Å². The number of hydrogen-bond acceptors (Lipinski definition) is 7. The average molecular weight is 480 g/mol. The van der Waals surface area contributed by atoms with E-state index >= 15 is 0 Å². The molecule has 1 unspecified atom stereocenters. The van der Waals surface area contributed by atoms with E-state index < -0.39 is 0 Å². The van der Waals surface area contributed by atoms with Gasteiger partial charge in [-0.3, -0.25) is 14.8 Å². The zero-order valence-electron chi connectivity index (χ0n) is 21.1. The monoisotopic (exact) mass is 479 g/mol. The fourth-order valence-corrected chi connectivity index (χ4v) is 4.70. The van der Waals surface area contributed by atoms with E-state index in [1.807, 2.05) is 24.4 Å². The fourth-order valence-electron chi connectivity index (χ4n) is 4.70. The molecule has 1 atom stereocenters. The molecule has 2 aromatic rings. The molecule has 4 heterocycles. The van der Waals surface area contributed by atoms with E-state index in [0.29, 0.717) is 43.6 Å². The Morgan fingerprint density at radius 1 is 1.06 bits per heavy atom. The number of fused-ring (bicyclic) bond motifs is 3. The van der Waals surface area contributed by atoms with Crippen LogP contribution in [-0.4, -0.2) is 74.9 Å². The van der Waals surface area contributed by atoms with E-state index in [9.17, 15) is 4.79 Å².